The van der Waals surface area contributed by atoms with Crippen molar-refractivity contribution in [3.05, 3.63) is 66.2 Å². The number of nitrogens with zero attached hydrogens (tertiary/aromatic N) is 4. The Kier molecular flexibility index (Phi) is 3.27. The highest BCUT2D eigenvalue weighted by Crippen LogP contribution is 2.30. The number of fused-ring (bicyclic) bond motifs is 1. The van der Waals surface area contributed by atoms with Gasteiger partial charge in [-0.05, 0) is 25.5 Å². The molecule has 118 valence electrons. The number of imidazole rings is 1. The van der Waals surface area contributed by atoms with Crippen molar-refractivity contribution in [2.75, 3.05) is 5.73 Å². The molecule has 0 unspecified atom stereocenters. The van der Waals surface area contributed by atoms with Gasteiger partial charge in [-0.3, -0.25) is 4.57 Å². The summed E-state index contributed by atoms with van der Waals surface area (Å²) in [6.07, 6.45) is 0. The molecule has 4 aromatic rings. The molecule has 0 fully saturated rings. The minimum Gasteiger partial charge on any atom is -0.382 e. The van der Waals surface area contributed by atoms with Gasteiger partial charge < -0.3 is 5.73 Å². The highest BCUT2D eigenvalue weighted by molar-refractivity contribution is 5.85. The van der Waals surface area contributed by atoms with Gasteiger partial charge in [-0.25, -0.2) is 15.0 Å². The average molecular weight is 315 g/mol. The van der Waals surface area contributed by atoms with Gasteiger partial charge in [-0.1, -0.05) is 48.5 Å². The van der Waals surface area contributed by atoms with Crippen LogP contribution < -0.4 is 5.73 Å². The number of aromatic nitrogens is 4. The summed E-state index contributed by atoms with van der Waals surface area (Å²) in [5, 5.41) is 0. The first-order valence-corrected chi connectivity index (χ1v) is 7.79. The number of rotatable bonds is 2. The number of hydrogen-bond donors (Lipinski definition) is 1. The summed E-state index contributed by atoms with van der Waals surface area (Å²) in [5.74, 6) is 1.88. The highest BCUT2D eigenvalue weighted by atomic mass is 15.2. The Balaban J connectivity index is 2.05. The van der Waals surface area contributed by atoms with Gasteiger partial charge in [-0.2, -0.15) is 0 Å². The lowest BCUT2D eigenvalue weighted by molar-refractivity contribution is 0.977. The van der Waals surface area contributed by atoms with E-state index in [9.17, 15) is 0 Å². The average Bonchev–Trinajstić information content (AvgIpc) is 2.92. The second-order valence-corrected chi connectivity index (χ2v) is 5.71. The van der Waals surface area contributed by atoms with Crippen molar-refractivity contribution < 1.29 is 0 Å². The van der Waals surface area contributed by atoms with E-state index in [4.69, 9.17) is 5.73 Å². The molecule has 2 aromatic carbocycles. The second kappa shape index (κ2) is 5.45. The maximum atomic E-state index is 6.04. The number of anilines is 1. The SMILES string of the molecule is Cc1nc(N)c2nc(C)n(-c3ccccc3-c3ccccc3)c2n1. The van der Waals surface area contributed by atoms with E-state index in [-0.39, 0.29) is 0 Å². The number of hydrogen-bond acceptors (Lipinski definition) is 4. The van der Waals surface area contributed by atoms with Crippen LogP contribution in [-0.2, 0) is 0 Å². The Bertz CT molecular complexity index is 1030. The number of nitrogen functional groups attached to an aromatic ring is 1. The molecule has 0 amide bonds. The molecule has 0 saturated carbocycles. The minimum atomic E-state index is 0.413. The van der Waals surface area contributed by atoms with Crippen LogP contribution in [-0.4, -0.2) is 19.5 Å². The zero-order valence-corrected chi connectivity index (χ0v) is 13.6. The van der Waals surface area contributed by atoms with Crippen LogP contribution in [0.25, 0.3) is 28.0 Å². The normalized spacial score (nSPS) is 11.1. The summed E-state index contributed by atoms with van der Waals surface area (Å²) in [5.41, 5.74) is 10.7. The van der Waals surface area contributed by atoms with Crippen LogP contribution in [0.4, 0.5) is 5.82 Å². The van der Waals surface area contributed by atoms with Crippen molar-refractivity contribution in [1.82, 2.24) is 19.5 Å². The minimum absolute atomic E-state index is 0.413. The van der Waals surface area contributed by atoms with Crippen LogP contribution in [0.2, 0.25) is 0 Å². The first kappa shape index (κ1) is 14.4. The predicted octanol–water partition coefficient (Wildman–Crippen LogP) is 3.68. The number of nitrogens with two attached hydrogens (primary N) is 1. The fourth-order valence-corrected chi connectivity index (χ4v) is 3.02. The van der Waals surface area contributed by atoms with Gasteiger partial charge in [0.1, 0.15) is 11.6 Å². The molecule has 2 aromatic heterocycles. The summed E-state index contributed by atoms with van der Waals surface area (Å²) in [4.78, 5) is 13.4. The molecule has 5 nitrogen and oxygen atoms in total. The fraction of sp³-hybridized carbons (Fsp3) is 0.105. The molecule has 0 spiro atoms. The summed E-state index contributed by atoms with van der Waals surface area (Å²) in [6.45, 7) is 3.80. The molecule has 0 radical (unpaired) electrons. The van der Waals surface area contributed by atoms with Gasteiger partial charge >= 0.3 is 0 Å². The molecular formula is C19H17N5. The molecule has 0 bridgehead atoms. The van der Waals surface area contributed by atoms with Gasteiger partial charge in [0.05, 0.1) is 5.69 Å². The van der Waals surface area contributed by atoms with Crippen LogP contribution in [0.1, 0.15) is 11.6 Å². The molecule has 4 rings (SSSR count). The van der Waals surface area contributed by atoms with Crippen molar-refractivity contribution >= 4 is 17.0 Å². The first-order valence-electron chi connectivity index (χ1n) is 7.79. The third-order valence-electron chi connectivity index (χ3n) is 4.04. The van der Waals surface area contributed by atoms with Crippen LogP contribution >= 0.6 is 0 Å². The van der Waals surface area contributed by atoms with Crippen molar-refractivity contribution in [3.8, 4) is 16.8 Å². The molecule has 2 N–H and O–H groups in total. The van der Waals surface area contributed by atoms with Gasteiger partial charge in [0.2, 0.25) is 0 Å². The lowest BCUT2D eigenvalue weighted by Gasteiger charge is -2.13. The Morgan fingerprint density at radius 2 is 1.54 bits per heavy atom. The smallest absolute Gasteiger partial charge is 0.170 e. The van der Waals surface area contributed by atoms with Crippen LogP contribution in [0.3, 0.4) is 0 Å². The van der Waals surface area contributed by atoms with E-state index in [1.807, 2.05) is 48.7 Å². The van der Waals surface area contributed by atoms with Gasteiger partial charge in [0.15, 0.2) is 17.0 Å². The molecular weight excluding hydrogens is 298 g/mol. The van der Waals surface area contributed by atoms with E-state index in [0.29, 0.717) is 17.2 Å². The zero-order chi connectivity index (χ0) is 16.7. The maximum Gasteiger partial charge on any atom is 0.170 e. The van der Waals surface area contributed by atoms with Crippen molar-refractivity contribution in [2.45, 2.75) is 13.8 Å². The van der Waals surface area contributed by atoms with Crippen LogP contribution in [0.5, 0.6) is 0 Å². The topological polar surface area (TPSA) is 69.6 Å². The predicted molar refractivity (Wildman–Crippen MR) is 96.0 cm³/mol. The van der Waals surface area contributed by atoms with Gasteiger partial charge in [0, 0.05) is 5.56 Å². The highest BCUT2D eigenvalue weighted by Gasteiger charge is 2.17. The lowest BCUT2D eigenvalue weighted by Crippen LogP contribution is -2.03. The summed E-state index contributed by atoms with van der Waals surface area (Å²) in [7, 11) is 0. The van der Waals surface area contributed by atoms with Gasteiger partial charge in [-0.15, -0.1) is 0 Å². The zero-order valence-electron chi connectivity index (χ0n) is 13.6. The Morgan fingerprint density at radius 3 is 2.33 bits per heavy atom. The molecule has 0 aliphatic rings. The molecule has 0 aliphatic heterocycles. The molecule has 0 saturated heterocycles. The van der Waals surface area contributed by atoms with Gasteiger partial charge in [0.25, 0.3) is 0 Å². The van der Waals surface area contributed by atoms with E-state index in [1.54, 1.807) is 0 Å². The van der Waals surface area contributed by atoms with E-state index in [1.165, 1.54) is 0 Å². The van der Waals surface area contributed by atoms with E-state index < -0.39 is 0 Å². The standard InChI is InChI=1S/C19H17N5/c1-12-21-18(20)17-19(22-12)24(13(2)23-17)16-11-7-6-10-15(16)14-8-4-3-5-9-14/h3-11H,1-2H3,(H2,20,21,22). The van der Waals surface area contributed by atoms with E-state index >= 15 is 0 Å². The summed E-state index contributed by atoms with van der Waals surface area (Å²) in [6, 6.07) is 18.5. The molecule has 0 atom stereocenters. The third-order valence-corrected chi connectivity index (χ3v) is 4.04. The Labute approximate surface area is 139 Å². The molecule has 2 heterocycles. The Morgan fingerprint density at radius 1 is 0.833 bits per heavy atom. The number of para-hydroxylation sites is 1. The fourth-order valence-electron chi connectivity index (χ4n) is 3.02. The summed E-state index contributed by atoms with van der Waals surface area (Å²) >= 11 is 0. The number of benzene rings is 2. The third kappa shape index (κ3) is 2.22. The molecule has 0 aliphatic carbocycles. The lowest BCUT2D eigenvalue weighted by atomic mass is 10.0. The molecule has 5 heteroatoms. The first-order chi connectivity index (χ1) is 11.6. The monoisotopic (exact) mass is 315 g/mol. The van der Waals surface area contributed by atoms with Crippen LogP contribution in [0, 0.1) is 13.8 Å². The van der Waals surface area contributed by atoms with E-state index in [2.05, 4.69) is 39.2 Å². The number of aryl methyl sites for hydroxylation is 2. The summed E-state index contributed by atoms with van der Waals surface area (Å²) < 4.78 is 2.04. The maximum absolute atomic E-state index is 6.04. The van der Waals surface area contributed by atoms with Crippen LogP contribution in [0.15, 0.2) is 54.6 Å². The van der Waals surface area contributed by atoms with Crippen molar-refractivity contribution in [1.29, 1.82) is 0 Å². The largest absolute Gasteiger partial charge is 0.382 e. The molecule has 24 heavy (non-hydrogen) atoms. The quantitative estimate of drug-likeness (QED) is 0.612. The Hall–Kier alpha value is -3.21. The second-order valence-electron chi connectivity index (χ2n) is 5.71. The van der Waals surface area contributed by atoms with Crippen molar-refractivity contribution in [2.24, 2.45) is 0 Å². The van der Waals surface area contributed by atoms with Crippen molar-refractivity contribution in [3.63, 3.8) is 0 Å². The van der Waals surface area contributed by atoms with E-state index in [0.717, 1.165) is 28.3 Å².